The molecule has 0 aliphatic carbocycles. The van der Waals surface area contributed by atoms with Crippen molar-refractivity contribution < 1.29 is 22.4 Å². The second kappa shape index (κ2) is 6.01. The molecule has 0 aliphatic rings. The van der Waals surface area contributed by atoms with Crippen LogP contribution in [0.15, 0.2) is 18.2 Å². The van der Waals surface area contributed by atoms with Gasteiger partial charge in [-0.2, -0.15) is 13.2 Å². The maximum atomic E-state index is 13.6. The maximum absolute atomic E-state index is 13.6. The Morgan fingerprint density at radius 2 is 2.05 bits per heavy atom. The molecule has 0 saturated carbocycles. The number of alkyl halides is 3. The molecular formula is C12H14F4N2O. The van der Waals surface area contributed by atoms with Gasteiger partial charge in [0.25, 0.3) is 5.91 Å². The van der Waals surface area contributed by atoms with E-state index in [1.54, 1.807) is 6.92 Å². The van der Waals surface area contributed by atoms with Gasteiger partial charge in [0.2, 0.25) is 0 Å². The summed E-state index contributed by atoms with van der Waals surface area (Å²) in [6, 6.07) is 2.59. The molecule has 0 aliphatic heterocycles. The first-order valence-corrected chi connectivity index (χ1v) is 5.61. The predicted octanol–water partition coefficient (Wildman–Crippen LogP) is 2.17. The number of nitrogens with one attached hydrogen (secondary N) is 1. The molecule has 7 heteroatoms. The lowest BCUT2D eigenvalue weighted by molar-refractivity contribution is -0.140. The minimum absolute atomic E-state index is 0.0437. The van der Waals surface area contributed by atoms with Crippen LogP contribution in [-0.4, -0.2) is 19.0 Å². The fourth-order valence-electron chi connectivity index (χ4n) is 1.37. The highest BCUT2D eigenvalue weighted by molar-refractivity contribution is 5.94. The SMILES string of the molecule is CC(CN)CNC(=O)c1cccc(C(F)(F)F)c1F. The van der Waals surface area contributed by atoms with Crippen LogP contribution in [0, 0.1) is 11.7 Å². The molecule has 1 unspecified atom stereocenters. The Hall–Kier alpha value is -1.63. The molecule has 1 amide bonds. The number of amides is 1. The van der Waals surface area contributed by atoms with Gasteiger partial charge in [-0.1, -0.05) is 13.0 Å². The van der Waals surface area contributed by atoms with Crippen LogP contribution in [0.1, 0.15) is 22.8 Å². The molecule has 0 spiro atoms. The molecule has 0 aromatic heterocycles. The topological polar surface area (TPSA) is 55.1 Å². The number of hydrogen-bond acceptors (Lipinski definition) is 2. The highest BCUT2D eigenvalue weighted by Gasteiger charge is 2.35. The lowest BCUT2D eigenvalue weighted by Crippen LogP contribution is -2.32. The maximum Gasteiger partial charge on any atom is 0.419 e. The second-order valence-corrected chi connectivity index (χ2v) is 4.22. The molecule has 1 rings (SSSR count). The van der Waals surface area contributed by atoms with E-state index in [4.69, 9.17) is 5.73 Å². The first-order valence-electron chi connectivity index (χ1n) is 5.61. The van der Waals surface area contributed by atoms with Crippen molar-refractivity contribution in [3.63, 3.8) is 0 Å². The number of rotatable bonds is 4. The first kappa shape index (κ1) is 15.4. The standard InChI is InChI=1S/C12H14F4N2O/c1-7(5-17)6-18-11(19)8-3-2-4-9(10(8)13)12(14,15)16/h2-4,7H,5-6,17H2,1H3,(H,18,19). The molecule has 3 N–H and O–H groups in total. The Kier molecular flexibility index (Phi) is 4.88. The molecular weight excluding hydrogens is 264 g/mol. The molecule has 19 heavy (non-hydrogen) atoms. The molecule has 0 radical (unpaired) electrons. The summed E-state index contributed by atoms with van der Waals surface area (Å²) in [6.45, 7) is 2.24. The van der Waals surface area contributed by atoms with Gasteiger partial charge >= 0.3 is 6.18 Å². The van der Waals surface area contributed by atoms with E-state index < -0.39 is 29.0 Å². The largest absolute Gasteiger partial charge is 0.419 e. The van der Waals surface area contributed by atoms with Crippen LogP contribution < -0.4 is 11.1 Å². The fourth-order valence-corrected chi connectivity index (χ4v) is 1.37. The summed E-state index contributed by atoms with van der Waals surface area (Å²) < 4.78 is 51.0. The Balaban J connectivity index is 2.93. The van der Waals surface area contributed by atoms with Gasteiger partial charge in [-0.3, -0.25) is 4.79 Å². The first-order chi connectivity index (χ1) is 8.77. The summed E-state index contributed by atoms with van der Waals surface area (Å²) >= 11 is 0. The number of carbonyl (C=O) groups excluding carboxylic acids is 1. The Morgan fingerprint density at radius 3 is 2.58 bits per heavy atom. The summed E-state index contributed by atoms with van der Waals surface area (Å²) in [6.07, 6.45) is -4.83. The number of hydrogen-bond donors (Lipinski definition) is 2. The smallest absolute Gasteiger partial charge is 0.352 e. The third-order valence-corrected chi connectivity index (χ3v) is 2.56. The van der Waals surface area contributed by atoms with Gasteiger partial charge < -0.3 is 11.1 Å². The van der Waals surface area contributed by atoms with Crippen molar-refractivity contribution in [2.24, 2.45) is 11.7 Å². The van der Waals surface area contributed by atoms with Gasteiger partial charge in [0.05, 0.1) is 11.1 Å². The Bertz CT molecular complexity index is 460. The van der Waals surface area contributed by atoms with Gasteiger partial charge in [0.15, 0.2) is 0 Å². The van der Waals surface area contributed by atoms with E-state index in [0.29, 0.717) is 12.6 Å². The van der Waals surface area contributed by atoms with Crippen molar-refractivity contribution in [3.05, 3.63) is 35.1 Å². The average molecular weight is 278 g/mol. The van der Waals surface area contributed by atoms with Crippen LogP contribution in [0.25, 0.3) is 0 Å². The third kappa shape index (κ3) is 3.92. The molecule has 1 atom stereocenters. The van der Waals surface area contributed by atoms with Crippen molar-refractivity contribution in [1.82, 2.24) is 5.32 Å². The van der Waals surface area contributed by atoms with Gasteiger partial charge in [-0.05, 0) is 24.6 Å². The van der Waals surface area contributed by atoms with Gasteiger partial charge in [-0.25, -0.2) is 4.39 Å². The van der Waals surface area contributed by atoms with Crippen LogP contribution in [0.4, 0.5) is 17.6 Å². The monoisotopic (exact) mass is 278 g/mol. The van der Waals surface area contributed by atoms with Gasteiger partial charge in [0, 0.05) is 6.54 Å². The highest BCUT2D eigenvalue weighted by atomic mass is 19.4. The van der Waals surface area contributed by atoms with Crippen molar-refractivity contribution in [2.75, 3.05) is 13.1 Å². The summed E-state index contributed by atoms with van der Waals surface area (Å²) in [5.74, 6) is -2.49. The Morgan fingerprint density at radius 1 is 1.42 bits per heavy atom. The van der Waals surface area contributed by atoms with Crippen molar-refractivity contribution in [3.8, 4) is 0 Å². The van der Waals surface area contributed by atoms with Crippen LogP contribution in [0.3, 0.4) is 0 Å². The number of nitrogens with two attached hydrogens (primary N) is 1. The van der Waals surface area contributed by atoms with E-state index in [1.165, 1.54) is 0 Å². The summed E-state index contributed by atoms with van der Waals surface area (Å²) in [4.78, 5) is 11.6. The highest BCUT2D eigenvalue weighted by Crippen LogP contribution is 2.32. The van der Waals surface area contributed by atoms with Crippen LogP contribution >= 0.6 is 0 Å². The fraction of sp³-hybridized carbons (Fsp3) is 0.417. The van der Waals surface area contributed by atoms with Crippen LogP contribution in [0.2, 0.25) is 0 Å². The summed E-state index contributed by atoms with van der Waals surface area (Å²) in [5, 5.41) is 2.34. The lowest BCUT2D eigenvalue weighted by atomic mass is 10.1. The number of benzene rings is 1. The summed E-state index contributed by atoms with van der Waals surface area (Å²) in [7, 11) is 0. The van der Waals surface area contributed by atoms with Crippen molar-refractivity contribution in [1.29, 1.82) is 0 Å². The van der Waals surface area contributed by atoms with Crippen LogP contribution in [-0.2, 0) is 6.18 Å². The van der Waals surface area contributed by atoms with E-state index in [2.05, 4.69) is 5.32 Å². The zero-order valence-corrected chi connectivity index (χ0v) is 10.2. The molecule has 3 nitrogen and oxygen atoms in total. The molecule has 1 aromatic carbocycles. The number of halogens is 4. The van der Waals surface area contributed by atoms with Gasteiger partial charge in [0.1, 0.15) is 5.82 Å². The molecule has 0 saturated heterocycles. The molecule has 106 valence electrons. The van der Waals surface area contributed by atoms with Crippen LogP contribution in [0.5, 0.6) is 0 Å². The van der Waals surface area contributed by atoms with Crippen molar-refractivity contribution in [2.45, 2.75) is 13.1 Å². The van der Waals surface area contributed by atoms with E-state index in [0.717, 1.165) is 12.1 Å². The average Bonchev–Trinajstić information content (AvgIpc) is 2.34. The van der Waals surface area contributed by atoms with E-state index in [9.17, 15) is 22.4 Å². The second-order valence-electron chi connectivity index (χ2n) is 4.22. The zero-order chi connectivity index (χ0) is 14.6. The quantitative estimate of drug-likeness (QED) is 0.829. The lowest BCUT2D eigenvalue weighted by Gasteiger charge is -2.13. The normalized spacial score (nSPS) is 13.2. The van der Waals surface area contributed by atoms with Crippen molar-refractivity contribution >= 4 is 5.91 Å². The zero-order valence-electron chi connectivity index (χ0n) is 10.2. The molecule has 0 fully saturated rings. The van der Waals surface area contributed by atoms with E-state index in [-0.39, 0.29) is 12.5 Å². The molecule has 0 heterocycles. The summed E-state index contributed by atoms with van der Waals surface area (Å²) in [5.41, 5.74) is 3.26. The molecule has 1 aromatic rings. The molecule has 0 bridgehead atoms. The third-order valence-electron chi connectivity index (χ3n) is 2.56. The van der Waals surface area contributed by atoms with E-state index in [1.807, 2.05) is 0 Å². The van der Waals surface area contributed by atoms with Gasteiger partial charge in [-0.15, -0.1) is 0 Å². The minimum Gasteiger partial charge on any atom is -0.352 e. The minimum atomic E-state index is -4.83. The number of carbonyl (C=O) groups is 1. The Labute approximate surface area is 107 Å². The predicted molar refractivity (Wildman–Crippen MR) is 62.0 cm³/mol. The van der Waals surface area contributed by atoms with E-state index >= 15 is 0 Å².